The lowest BCUT2D eigenvalue weighted by Gasteiger charge is -2.26. The molecule has 0 aromatic carbocycles. The summed E-state index contributed by atoms with van der Waals surface area (Å²) >= 11 is 0. The number of halogens is 3. The van der Waals surface area contributed by atoms with Crippen molar-refractivity contribution in [3.8, 4) is 0 Å². The highest BCUT2D eigenvalue weighted by Gasteiger charge is 2.37. The number of hydrogen-bond acceptors (Lipinski definition) is 2. The van der Waals surface area contributed by atoms with Gasteiger partial charge in [-0.1, -0.05) is 6.08 Å². The van der Waals surface area contributed by atoms with Gasteiger partial charge in [-0.15, -0.1) is 0 Å². The quantitative estimate of drug-likeness (QED) is 0.498. The summed E-state index contributed by atoms with van der Waals surface area (Å²) < 4.78 is 37.0. The zero-order valence-corrected chi connectivity index (χ0v) is 7.89. The van der Waals surface area contributed by atoms with Gasteiger partial charge in [0.05, 0.1) is 0 Å². The largest absolute Gasteiger partial charge is 0.432 e. The van der Waals surface area contributed by atoms with Crippen LogP contribution in [0.4, 0.5) is 13.2 Å². The maximum atomic E-state index is 12.3. The van der Waals surface area contributed by atoms with E-state index in [0.717, 1.165) is 11.1 Å². The molecule has 0 aliphatic rings. The van der Waals surface area contributed by atoms with Gasteiger partial charge in [0.2, 0.25) is 0 Å². The number of rotatable bonds is 3. The van der Waals surface area contributed by atoms with Crippen molar-refractivity contribution in [2.24, 2.45) is 5.10 Å². The fraction of sp³-hybridized carbons (Fsp3) is 0.625. The van der Waals surface area contributed by atoms with E-state index >= 15 is 0 Å². The second kappa shape index (κ2) is 4.30. The highest BCUT2D eigenvalue weighted by atomic mass is 19.4. The molecule has 0 aliphatic heterocycles. The molecule has 0 rings (SSSR count). The van der Waals surface area contributed by atoms with E-state index in [9.17, 15) is 13.2 Å². The summed E-state index contributed by atoms with van der Waals surface area (Å²) in [6.07, 6.45) is -3.39. The second-order valence-corrected chi connectivity index (χ2v) is 2.75. The van der Waals surface area contributed by atoms with E-state index in [1.807, 2.05) is 0 Å². The Kier molecular flexibility index (Phi) is 3.97. The van der Waals surface area contributed by atoms with Crippen molar-refractivity contribution in [1.82, 2.24) is 5.01 Å². The van der Waals surface area contributed by atoms with Crippen molar-refractivity contribution >= 4 is 6.72 Å². The Labute approximate surface area is 75.7 Å². The van der Waals surface area contributed by atoms with E-state index in [2.05, 4.69) is 11.8 Å². The number of hydrogen-bond donors (Lipinski definition) is 0. The molecule has 0 unspecified atom stereocenters. The Balaban J connectivity index is 4.87. The van der Waals surface area contributed by atoms with E-state index < -0.39 is 11.9 Å². The van der Waals surface area contributed by atoms with Gasteiger partial charge < -0.3 is 0 Å². The normalized spacial score (nSPS) is 13.3. The Bertz CT molecular complexity index is 206. The molecule has 0 aromatic rings. The number of nitrogens with zero attached hydrogens (tertiary/aromatic N) is 2. The first-order chi connectivity index (χ1) is 5.84. The monoisotopic (exact) mass is 194 g/mol. The van der Waals surface area contributed by atoms with Crippen LogP contribution in [0.15, 0.2) is 16.9 Å². The van der Waals surface area contributed by atoms with Crippen LogP contribution in [-0.2, 0) is 0 Å². The Morgan fingerprint density at radius 1 is 1.46 bits per heavy atom. The van der Waals surface area contributed by atoms with Crippen molar-refractivity contribution in [3.05, 3.63) is 11.8 Å². The Morgan fingerprint density at radius 3 is 2.00 bits per heavy atom. The van der Waals surface area contributed by atoms with E-state index in [4.69, 9.17) is 0 Å². The Morgan fingerprint density at radius 2 is 1.92 bits per heavy atom. The maximum Gasteiger partial charge on any atom is 0.432 e. The van der Waals surface area contributed by atoms with Crippen LogP contribution in [0.25, 0.3) is 0 Å². The van der Waals surface area contributed by atoms with Crippen LogP contribution < -0.4 is 0 Å². The summed E-state index contributed by atoms with van der Waals surface area (Å²) in [5.74, 6) is 0. The third-order valence-electron chi connectivity index (χ3n) is 1.45. The first-order valence-corrected chi connectivity index (χ1v) is 3.84. The van der Waals surface area contributed by atoms with E-state index in [0.29, 0.717) is 0 Å². The predicted molar refractivity (Wildman–Crippen MR) is 46.3 cm³/mol. The van der Waals surface area contributed by atoms with Gasteiger partial charge in [-0.25, -0.2) is 0 Å². The van der Waals surface area contributed by atoms with Gasteiger partial charge in [-0.05, 0) is 20.8 Å². The lowest BCUT2D eigenvalue weighted by Crippen LogP contribution is -2.32. The van der Waals surface area contributed by atoms with E-state index in [1.54, 1.807) is 13.8 Å². The summed E-state index contributed by atoms with van der Waals surface area (Å²) in [6.45, 7) is 7.65. The highest BCUT2D eigenvalue weighted by Crippen LogP contribution is 2.29. The van der Waals surface area contributed by atoms with Crippen LogP contribution >= 0.6 is 0 Å². The zero-order valence-electron chi connectivity index (χ0n) is 7.89. The molecule has 0 radical (unpaired) electrons. The molecule has 0 N–H and O–H groups in total. The Hall–Kier alpha value is -1.00. The van der Waals surface area contributed by atoms with Gasteiger partial charge in [-0.3, -0.25) is 5.01 Å². The molecule has 2 nitrogen and oxygen atoms in total. The third kappa shape index (κ3) is 3.08. The fourth-order valence-corrected chi connectivity index (χ4v) is 0.943. The van der Waals surface area contributed by atoms with Gasteiger partial charge >= 0.3 is 6.18 Å². The molecule has 0 aliphatic carbocycles. The van der Waals surface area contributed by atoms with Crippen molar-refractivity contribution in [1.29, 1.82) is 0 Å². The van der Waals surface area contributed by atoms with Crippen LogP contribution in [0.2, 0.25) is 0 Å². The number of allylic oxidation sites excluding steroid dienone is 2. The molecule has 0 bridgehead atoms. The number of alkyl halides is 3. The minimum absolute atomic E-state index is 0.356. The summed E-state index contributed by atoms with van der Waals surface area (Å²) in [7, 11) is 0. The molecule has 0 saturated heterocycles. The van der Waals surface area contributed by atoms with Crippen LogP contribution in [0.1, 0.15) is 20.8 Å². The van der Waals surface area contributed by atoms with Gasteiger partial charge in [0.15, 0.2) is 0 Å². The molecule has 0 heterocycles. The second-order valence-electron chi connectivity index (χ2n) is 2.75. The average molecular weight is 194 g/mol. The van der Waals surface area contributed by atoms with Crippen LogP contribution in [0.3, 0.4) is 0 Å². The topological polar surface area (TPSA) is 15.6 Å². The molecular formula is C8H13F3N2. The van der Waals surface area contributed by atoms with Crippen LogP contribution in [0, 0.1) is 0 Å². The van der Waals surface area contributed by atoms with Crippen molar-refractivity contribution < 1.29 is 13.2 Å². The van der Waals surface area contributed by atoms with Gasteiger partial charge in [0.1, 0.15) is 5.70 Å². The smallest absolute Gasteiger partial charge is 0.259 e. The highest BCUT2D eigenvalue weighted by molar-refractivity contribution is 5.24. The van der Waals surface area contributed by atoms with Gasteiger partial charge in [0.25, 0.3) is 0 Å². The fourth-order valence-electron chi connectivity index (χ4n) is 0.943. The maximum absolute atomic E-state index is 12.3. The van der Waals surface area contributed by atoms with Crippen LogP contribution in [-0.4, -0.2) is 23.9 Å². The predicted octanol–water partition coefficient (Wildman–Crippen LogP) is 2.78. The third-order valence-corrected chi connectivity index (χ3v) is 1.45. The lowest BCUT2D eigenvalue weighted by atomic mass is 10.3. The van der Waals surface area contributed by atoms with Crippen molar-refractivity contribution in [3.63, 3.8) is 0 Å². The molecule has 0 aromatic heterocycles. The van der Waals surface area contributed by atoms with Gasteiger partial charge in [-0.2, -0.15) is 18.3 Å². The summed E-state index contributed by atoms with van der Waals surface area (Å²) in [5.41, 5.74) is -0.780. The van der Waals surface area contributed by atoms with E-state index in [1.165, 1.54) is 6.92 Å². The molecule has 0 atom stereocenters. The standard InChI is InChI=1S/C8H13F3N2/c1-5-7(8(9,10)11)13(12-4)6(2)3/h5-6H,4H2,1-3H3/b7-5-. The molecule has 0 fully saturated rings. The molecule has 0 saturated carbocycles. The van der Waals surface area contributed by atoms with Crippen molar-refractivity contribution in [2.75, 3.05) is 0 Å². The van der Waals surface area contributed by atoms with E-state index in [-0.39, 0.29) is 6.04 Å². The SMILES string of the molecule is C=NN(/C(=C\C)C(F)(F)F)C(C)C. The molecular weight excluding hydrogens is 181 g/mol. The molecule has 0 amide bonds. The summed E-state index contributed by atoms with van der Waals surface area (Å²) in [6, 6.07) is -0.356. The zero-order chi connectivity index (χ0) is 10.6. The lowest BCUT2D eigenvalue weighted by molar-refractivity contribution is -0.114. The molecule has 76 valence electrons. The minimum atomic E-state index is -4.37. The first kappa shape index (κ1) is 12.0. The average Bonchev–Trinajstić information content (AvgIpc) is 1.96. The van der Waals surface area contributed by atoms with Crippen molar-refractivity contribution in [2.45, 2.75) is 33.0 Å². The van der Waals surface area contributed by atoms with Crippen LogP contribution in [0.5, 0.6) is 0 Å². The molecule has 5 heteroatoms. The first-order valence-electron chi connectivity index (χ1n) is 3.84. The minimum Gasteiger partial charge on any atom is -0.259 e. The molecule has 0 spiro atoms. The van der Waals surface area contributed by atoms with Gasteiger partial charge in [0, 0.05) is 12.8 Å². The number of hydrazone groups is 1. The summed E-state index contributed by atoms with van der Waals surface area (Å²) in [5, 5.41) is 4.17. The molecule has 13 heavy (non-hydrogen) atoms. The summed E-state index contributed by atoms with van der Waals surface area (Å²) in [4.78, 5) is 0.